The van der Waals surface area contributed by atoms with Crippen molar-refractivity contribution >= 4 is 35.1 Å². The third-order valence-electron chi connectivity index (χ3n) is 6.55. The Labute approximate surface area is 184 Å². The first-order chi connectivity index (χ1) is 14.5. The van der Waals surface area contributed by atoms with Crippen molar-refractivity contribution in [1.82, 2.24) is 15.5 Å². The number of nitrogens with zero attached hydrogens (tertiary/aromatic N) is 1. The Morgan fingerprint density at radius 2 is 1.73 bits per heavy atom. The minimum absolute atomic E-state index is 0.0437. The summed E-state index contributed by atoms with van der Waals surface area (Å²) in [5.41, 5.74) is 0. The Hall–Kier alpha value is -1.70. The summed E-state index contributed by atoms with van der Waals surface area (Å²) < 4.78 is 5.58. The van der Waals surface area contributed by atoms with Gasteiger partial charge in [0, 0.05) is 19.5 Å². The largest absolute Gasteiger partial charge is 0.462 e. The summed E-state index contributed by atoms with van der Waals surface area (Å²) in [5, 5.41) is 5.80. The van der Waals surface area contributed by atoms with Crippen LogP contribution in [0.2, 0.25) is 0 Å². The molecule has 3 fully saturated rings. The number of amides is 2. The molecular weight excluding hydrogens is 402 g/mol. The number of ether oxygens (including phenoxy) is 1. The zero-order chi connectivity index (χ0) is 21.3. The van der Waals surface area contributed by atoms with Gasteiger partial charge in [-0.3, -0.25) is 14.4 Å². The lowest BCUT2D eigenvalue weighted by molar-refractivity contribution is -0.153. The number of esters is 1. The number of hydrogen-bond donors (Lipinski definition) is 2. The maximum atomic E-state index is 12.4. The molecule has 3 aliphatic rings. The lowest BCUT2D eigenvalue weighted by atomic mass is 9.86. The molecule has 2 aliphatic carbocycles. The van der Waals surface area contributed by atoms with E-state index in [0.717, 1.165) is 32.1 Å². The van der Waals surface area contributed by atoms with Crippen LogP contribution >= 0.6 is 12.2 Å². The van der Waals surface area contributed by atoms with Gasteiger partial charge in [-0.25, -0.2) is 0 Å². The van der Waals surface area contributed by atoms with E-state index in [1.807, 2.05) is 0 Å². The highest BCUT2D eigenvalue weighted by molar-refractivity contribution is 7.80. The normalized spacial score (nSPS) is 23.5. The summed E-state index contributed by atoms with van der Waals surface area (Å²) in [4.78, 5) is 38.9. The molecule has 0 aromatic rings. The van der Waals surface area contributed by atoms with Crippen LogP contribution < -0.4 is 10.6 Å². The molecule has 2 N–H and O–H groups in total. The number of piperazine rings is 1. The van der Waals surface area contributed by atoms with Crippen LogP contribution in [0.3, 0.4) is 0 Å². The molecule has 2 amide bonds. The van der Waals surface area contributed by atoms with Crippen molar-refractivity contribution in [2.45, 2.75) is 95.6 Å². The second kappa shape index (κ2) is 11.6. The molecule has 7 nitrogen and oxygen atoms in total. The van der Waals surface area contributed by atoms with E-state index in [0.29, 0.717) is 25.4 Å². The van der Waals surface area contributed by atoms with Crippen LogP contribution in [0, 0.1) is 5.92 Å². The predicted octanol–water partition coefficient (Wildman–Crippen LogP) is 2.81. The summed E-state index contributed by atoms with van der Waals surface area (Å²) in [6, 6.07) is -0.735. The van der Waals surface area contributed by atoms with Gasteiger partial charge in [-0.2, -0.15) is 0 Å². The molecule has 1 aliphatic heterocycles. The van der Waals surface area contributed by atoms with Gasteiger partial charge in [0.25, 0.3) is 0 Å². The fourth-order valence-electron chi connectivity index (χ4n) is 4.80. The van der Waals surface area contributed by atoms with Gasteiger partial charge in [-0.1, -0.05) is 38.5 Å². The molecule has 1 heterocycles. The summed E-state index contributed by atoms with van der Waals surface area (Å²) in [6.07, 6.45) is 12.6. The predicted molar refractivity (Wildman–Crippen MR) is 118 cm³/mol. The summed E-state index contributed by atoms with van der Waals surface area (Å²) in [5.74, 6) is -0.109. The van der Waals surface area contributed by atoms with Crippen LogP contribution in [0.15, 0.2) is 0 Å². The number of hydrogen-bond acceptors (Lipinski definition) is 5. The maximum absolute atomic E-state index is 12.4. The topological polar surface area (TPSA) is 87.7 Å². The van der Waals surface area contributed by atoms with Gasteiger partial charge in [0.15, 0.2) is 5.11 Å². The van der Waals surface area contributed by atoms with Crippen molar-refractivity contribution in [2.75, 3.05) is 13.1 Å². The Morgan fingerprint density at radius 1 is 1.07 bits per heavy atom. The van der Waals surface area contributed by atoms with Crippen LogP contribution in [0.5, 0.6) is 0 Å². The summed E-state index contributed by atoms with van der Waals surface area (Å²) in [6.45, 7) is 0.903. The third kappa shape index (κ3) is 6.93. The van der Waals surface area contributed by atoms with E-state index in [9.17, 15) is 14.4 Å². The first-order valence-electron chi connectivity index (χ1n) is 11.6. The highest BCUT2D eigenvalue weighted by Gasteiger charge is 2.35. The fraction of sp³-hybridized carbons (Fsp3) is 0.818. The SMILES string of the molecule is O=C(CCC1CCCCC1)NC(=S)N1CCNC(=O)C1CC(=O)OC1CCCCC1. The number of rotatable bonds is 6. The van der Waals surface area contributed by atoms with Gasteiger partial charge in [0.05, 0.1) is 6.42 Å². The molecule has 0 aromatic carbocycles. The lowest BCUT2D eigenvalue weighted by Gasteiger charge is -2.36. The highest BCUT2D eigenvalue weighted by atomic mass is 32.1. The molecule has 8 heteroatoms. The summed E-state index contributed by atoms with van der Waals surface area (Å²) in [7, 11) is 0. The minimum atomic E-state index is -0.735. The fourth-order valence-corrected chi connectivity index (χ4v) is 5.13. The lowest BCUT2D eigenvalue weighted by Crippen LogP contribution is -2.60. The standard InChI is InChI=1S/C22H35N3O4S/c26-19(12-11-16-7-3-1-4-8-16)24-22(30)25-14-13-23-21(28)18(25)15-20(27)29-17-9-5-2-6-10-17/h16-18H,1-15H2,(H,23,28)(H,24,26,30). The van der Waals surface area contributed by atoms with Gasteiger partial charge >= 0.3 is 5.97 Å². The van der Waals surface area contributed by atoms with Crippen molar-refractivity contribution in [3.8, 4) is 0 Å². The van der Waals surface area contributed by atoms with E-state index in [1.54, 1.807) is 4.90 Å². The van der Waals surface area contributed by atoms with Crippen molar-refractivity contribution in [2.24, 2.45) is 5.92 Å². The number of nitrogens with one attached hydrogen (secondary N) is 2. The Bertz CT molecular complexity index is 630. The molecular formula is C22H35N3O4S. The Balaban J connectivity index is 1.48. The highest BCUT2D eigenvalue weighted by Crippen LogP contribution is 2.27. The second-order valence-electron chi connectivity index (χ2n) is 8.85. The van der Waals surface area contributed by atoms with E-state index in [1.165, 1.54) is 38.5 Å². The van der Waals surface area contributed by atoms with Crippen molar-refractivity contribution in [3.63, 3.8) is 0 Å². The van der Waals surface area contributed by atoms with Gasteiger partial charge in [0.1, 0.15) is 12.1 Å². The number of thiocarbonyl (C=S) groups is 1. The van der Waals surface area contributed by atoms with Gasteiger partial charge < -0.3 is 20.3 Å². The van der Waals surface area contributed by atoms with E-state index < -0.39 is 6.04 Å². The molecule has 0 radical (unpaired) electrons. The second-order valence-corrected chi connectivity index (χ2v) is 9.24. The molecule has 2 saturated carbocycles. The zero-order valence-corrected chi connectivity index (χ0v) is 18.6. The molecule has 0 spiro atoms. The van der Waals surface area contributed by atoms with Crippen molar-refractivity contribution in [3.05, 3.63) is 0 Å². The van der Waals surface area contributed by atoms with E-state index in [2.05, 4.69) is 10.6 Å². The number of carbonyl (C=O) groups is 3. The molecule has 0 bridgehead atoms. The monoisotopic (exact) mass is 437 g/mol. The average Bonchev–Trinajstić information content (AvgIpc) is 2.75. The van der Waals surface area contributed by atoms with E-state index >= 15 is 0 Å². The van der Waals surface area contributed by atoms with Gasteiger partial charge in [-0.15, -0.1) is 0 Å². The molecule has 1 atom stereocenters. The van der Waals surface area contributed by atoms with Gasteiger partial charge in [-0.05, 0) is 50.2 Å². The maximum Gasteiger partial charge on any atom is 0.308 e. The van der Waals surface area contributed by atoms with Gasteiger partial charge in [0.2, 0.25) is 11.8 Å². The van der Waals surface area contributed by atoms with Crippen LogP contribution in [-0.4, -0.2) is 53.0 Å². The first kappa shape index (κ1) is 23.0. The van der Waals surface area contributed by atoms with E-state index in [4.69, 9.17) is 17.0 Å². The quantitative estimate of drug-likeness (QED) is 0.491. The molecule has 1 unspecified atom stereocenters. The summed E-state index contributed by atoms with van der Waals surface area (Å²) >= 11 is 5.43. The van der Waals surface area contributed by atoms with Crippen LogP contribution in [0.1, 0.15) is 83.5 Å². The smallest absolute Gasteiger partial charge is 0.308 e. The zero-order valence-electron chi connectivity index (χ0n) is 17.8. The first-order valence-corrected chi connectivity index (χ1v) is 12.0. The molecule has 0 aromatic heterocycles. The van der Waals surface area contributed by atoms with E-state index in [-0.39, 0.29) is 35.4 Å². The number of carbonyl (C=O) groups excluding carboxylic acids is 3. The average molecular weight is 438 g/mol. The molecule has 3 rings (SSSR count). The molecule has 168 valence electrons. The minimum Gasteiger partial charge on any atom is -0.462 e. The Morgan fingerprint density at radius 3 is 2.43 bits per heavy atom. The molecule has 30 heavy (non-hydrogen) atoms. The van der Waals surface area contributed by atoms with Crippen molar-refractivity contribution in [1.29, 1.82) is 0 Å². The van der Waals surface area contributed by atoms with Crippen LogP contribution in [-0.2, 0) is 19.1 Å². The van der Waals surface area contributed by atoms with Crippen molar-refractivity contribution < 1.29 is 19.1 Å². The Kier molecular flexibility index (Phi) is 8.90. The third-order valence-corrected chi connectivity index (χ3v) is 6.89. The van der Waals surface area contributed by atoms with Crippen LogP contribution in [0.25, 0.3) is 0 Å². The molecule has 1 saturated heterocycles. The van der Waals surface area contributed by atoms with Crippen LogP contribution in [0.4, 0.5) is 0 Å².